The Bertz CT molecular complexity index is 382. The van der Waals surface area contributed by atoms with Gasteiger partial charge in [-0.05, 0) is 32.0 Å². The van der Waals surface area contributed by atoms with E-state index in [4.69, 9.17) is 23.2 Å². The molecular weight excluding hydrogens is 247 g/mol. The van der Waals surface area contributed by atoms with Gasteiger partial charge in [0, 0.05) is 18.8 Å². The quantitative estimate of drug-likeness (QED) is 0.886. The summed E-state index contributed by atoms with van der Waals surface area (Å²) in [5.74, 6) is 0. The van der Waals surface area contributed by atoms with Crippen LogP contribution < -0.4 is 10.2 Å². The first kappa shape index (κ1) is 13.1. The van der Waals surface area contributed by atoms with E-state index in [1.807, 2.05) is 13.8 Å². The Labute approximate surface area is 105 Å². The van der Waals surface area contributed by atoms with Crippen molar-refractivity contribution in [3.05, 3.63) is 28.2 Å². The molecule has 0 spiro atoms. The van der Waals surface area contributed by atoms with Crippen LogP contribution in [-0.2, 0) is 0 Å². The molecule has 0 atom stereocenters. The number of urea groups is 1. The fourth-order valence-corrected chi connectivity index (χ4v) is 1.64. The van der Waals surface area contributed by atoms with Crippen LogP contribution in [-0.4, -0.2) is 19.1 Å². The second-order valence-corrected chi connectivity index (χ2v) is 3.99. The maximum absolute atomic E-state index is 11.7. The van der Waals surface area contributed by atoms with Crippen LogP contribution in [0.25, 0.3) is 0 Å². The summed E-state index contributed by atoms with van der Waals surface area (Å²) >= 11 is 11.7. The van der Waals surface area contributed by atoms with Crippen molar-refractivity contribution in [3.8, 4) is 0 Å². The van der Waals surface area contributed by atoms with Crippen LogP contribution >= 0.6 is 23.2 Å². The van der Waals surface area contributed by atoms with Crippen LogP contribution in [0.3, 0.4) is 0 Å². The third kappa shape index (κ3) is 3.03. The van der Waals surface area contributed by atoms with E-state index in [0.717, 1.165) is 5.69 Å². The molecule has 1 aromatic rings. The summed E-state index contributed by atoms with van der Waals surface area (Å²) in [7, 11) is 0. The van der Waals surface area contributed by atoms with Crippen LogP contribution in [0.4, 0.5) is 10.5 Å². The number of benzene rings is 1. The van der Waals surface area contributed by atoms with E-state index < -0.39 is 0 Å². The van der Waals surface area contributed by atoms with E-state index in [9.17, 15) is 4.79 Å². The number of rotatable bonds is 3. The number of nitrogens with one attached hydrogen (secondary N) is 1. The van der Waals surface area contributed by atoms with Crippen molar-refractivity contribution in [2.75, 3.05) is 18.0 Å². The smallest absolute Gasteiger partial charge is 0.321 e. The molecule has 2 amide bonds. The number of nitrogens with zero attached hydrogens (tertiary/aromatic N) is 1. The van der Waals surface area contributed by atoms with E-state index >= 15 is 0 Å². The van der Waals surface area contributed by atoms with Crippen molar-refractivity contribution in [2.45, 2.75) is 13.8 Å². The third-order valence-electron chi connectivity index (χ3n) is 2.10. The van der Waals surface area contributed by atoms with Gasteiger partial charge in [0.1, 0.15) is 0 Å². The van der Waals surface area contributed by atoms with Gasteiger partial charge in [-0.3, -0.25) is 4.90 Å². The monoisotopic (exact) mass is 260 g/mol. The summed E-state index contributed by atoms with van der Waals surface area (Å²) in [6.45, 7) is 4.94. The second-order valence-electron chi connectivity index (χ2n) is 3.18. The topological polar surface area (TPSA) is 32.3 Å². The Hall–Kier alpha value is -0.930. The normalized spacial score (nSPS) is 10.0. The lowest BCUT2D eigenvalue weighted by molar-refractivity contribution is 0.247. The lowest BCUT2D eigenvalue weighted by Gasteiger charge is -2.21. The maximum Gasteiger partial charge on any atom is 0.321 e. The van der Waals surface area contributed by atoms with Gasteiger partial charge in [-0.25, -0.2) is 4.79 Å². The zero-order valence-corrected chi connectivity index (χ0v) is 10.8. The molecule has 0 unspecified atom stereocenters. The highest BCUT2D eigenvalue weighted by Gasteiger charge is 2.13. The highest BCUT2D eigenvalue weighted by atomic mass is 35.5. The Morgan fingerprint density at radius 3 is 2.50 bits per heavy atom. The van der Waals surface area contributed by atoms with Gasteiger partial charge >= 0.3 is 6.03 Å². The van der Waals surface area contributed by atoms with Gasteiger partial charge in [-0.2, -0.15) is 0 Å². The molecule has 0 aromatic heterocycles. The lowest BCUT2D eigenvalue weighted by Crippen LogP contribution is -2.39. The van der Waals surface area contributed by atoms with Crippen LogP contribution in [0.1, 0.15) is 13.8 Å². The Morgan fingerprint density at radius 1 is 1.31 bits per heavy atom. The molecule has 16 heavy (non-hydrogen) atoms. The lowest BCUT2D eigenvalue weighted by atomic mass is 10.3. The van der Waals surface area contributed by atoms with Gasteiger partial charge in [0.15, 0.2) is 0 Å². The van der Waals surface area contributed by atoms with E-state index in [-0.39, 0.29) is 6.03 Å². The second kappa shape index (κ2) is 5.97. The first-order valence-electron chi connectivity index (χ1n) is 5.10. The summed E-state index contributed by atoms with van der Waals surface area (Å²) < 4.78 is 0. The zero-order chi connectivity index (χ0) is 12.1. The summed E-state index contributed by atoms with van der Waals surface area (Å²) in [6.07, 6.45) is 0. The molecule has 0 saturated heterocycles. The number of hydrogen-bond donors (Lipinski definition) is 1. The van der Waals surface area contributed by atoms with Crippen LogP contribution in [0.5, 0.6) is 0 Å². The molecule has 88 valence electrons. The first-order chi connectivity index (χ1) is 7.60. The molecule has 0 aliphatic rings. The van der Waals surface area contributed by atoms with Gasteiger partial charge in [-0.1, -0.05) is 23.2 Å². The van der Waals surface area contributed by atoms with E-state index in [0.29, 0.717) is 23.1 Å². The predicted octanol–water partition coefficient (Wildman–Crippen LogP) is 3.55. The van der Waals surface area contributed by atoms with Crippen molar-refractivity contribution < 1.29 is 4.79 Å². The van der Waals surface area contributed by atoms with Crippen LogP contribution in [0, 0.1) is 0 Å². The van der Waals surface area contributed by atoms with Crippen molar-refractivity contribution >= 4 is 34.9 Å². The van der Waals surface area contributed by atoms with Crippen molar-refractivity contribution in [3.63, 3.8) is 0 Å². The fraction of sp³-hybridized carbons (Fsp3) is 0.364. The molecule has 1 N–H and O–H groups in total. The molecule has 1 rings (SSSR count). The highest BCUT2D eigenvalue weighted by molar-refractivity contribution is 6.42. The molecule has 0 fully saturated rings. The third-order valence-corrected chi connectivity index (χ3v) is 2.84. The average Bonchev–Trinajstić information content (AvgIpc) is 2.25. The van der Waals surface area contributed by atoms with Crippen molar-refractivity contribution in [1.82, 2.24) is 5.32 Å². The number of anilines is 1. The fourth-order valence-electron chi connectivity index (χ4n) is 1.34. The molecule has 3 nitrogen and oxygen atoms in total. The van der Waals surface area contributed by atoms with Crippen LogP contribution in [0.15, 0.2) is 18.2 Å². The van der Waals surface area contributed by atoms with E-state index in [1.54, 1.807) is 23.1 Å². The SMILES string of the molecule is CCNC(=O)N(CC)c1ccc(Cl)c(Cl)c1. The van der Waals surface area contributed by atoms with Gasteiger partial charge in [-0.15, -0.1) is 0 Å². The molecule has 0 radical (unpaired) electrons. The molecule has 0 heterocycles. The Morgan fingerprint density at radius 2 is 2.00 bits per heavy atom. The minimum atomic E-state index is -0.136. The highest BCUT2D eigenvalue weighted by Crippen LogP contribution is 2.27. The largest absolute Gasteiger partial charge is 0.338 e. The van der Waals surface area contributed by atoms with Gasteiger partial charge in [0.2, 0.25) is 0 Å². The minimum absolute atomic E-state index is 0.136. The molecular formula is C11H14Cl2N2O. The molecule has 0 aliphatic carbocycles. The number of hydrogen-bond acceptors (Lipinski definition) is 1. The number of halogens is 2. The zero-order valence-electron chi connectivity index (χ0n) is 9.26. The van der Waals surface area contributed by atoms with Gasteiger partial charge in [0.05, 0.1) is 10.0 Å². The Balaban J connectivity index is 2.95. The Kier molecular flexibility index (Phi) is 4.90. The van der Waals surface area contributed by atoms with Crippen molar-refractivity contribution in [2.24, 2.45) is 0 Å². The summed E-state index contributed by atoms with van der Waals surface area (Å²) in [6, 6.07) is 5.00. The molecule has 0 saturated carbocycles. The van der Waals surface area contributed by atoms with Gasteiger partial charge < -0.3 is 5.32 Å². The van der Waals surface area contributed by atoms with Crippen molar-refractivity contribution in [1.29, 1.82) is 0 Å². The summed E-state index contributed by atoms with van der Waals surface area (Å²) in [5, 5.41) is 3.67. The van der Waals surface area contributed by atoms with E-state index in [1.165, 1.54) is 0 Å². The summed E-state index contributed by atoms with van der Waals surface area (Å²) in [4.78, 5) is 13.3. The number of amides is 2. The summed E-state index contributed by atoms with van der Waals surface area (Å²) in [5.41, 5.74) is 0.739. The molecule has 0 aliphatic heterocycles. The predicted molar refractivity (Wildman–Crippen MR) is 68.6 cm³/mol. The van der Waals surface area contributed by atoms with E-state index in [2.05, 4.69) is 5.32 Å². The van der Waals surface area contributed by atoms with Crippen LogP contribution in [0.2, 0.25) is 10.0 Å². The maximum atomic E-state index is 11.7. The number of carbonyl (C=O) groups excluding carboxylic acids is 1. The molecule has 1 aromatic carbocycles. The average molecular weight is 261 g/mol. The first-order valence-corrected chi connectivity index (χ1v) is 5.86. The minimum Gasteiger partial charge on any atom is -0.338 e. The molecule has 0 bridgehead atoms. The van der Waals surface area contributed by atoms with Gasteiger partial charge in [0.25, 0.3) is 0 Å². The standard InChI is InChI=1S/C11H14Cl2N2O/c1-3-14-11(16)15(4-2)8-5-6-9(12)10(13)7-8/h5-7H,3-4H2,1-2H3,(H,14,16). The molecule has 5 heteroatoms. The number of carbonyl (C=O) groups is 1.